The molecular formula is C28H33N3O5S. The lowest BCUT2D eigenvalue weighted by Crippen LogP contribution is -2.51. The second-order valence-corrected chi connectivity index (χ2v) is 10.4. The smallest absolute Gasteiger partial charge is 0.264 e. The summed E-state index contributed by atoms with van der Waals surface area (Å²) in [5.74, 6) is -0.140. The van der Waals surface area contributed by atoms with Crippen molar-refractivity contribution in [2.75, 3.05) is 24.5 Å². The van der Waals surface area contributed by atoms with Gasteiger partial charge in [0.15, 0.2) is 0 Å². The van der Waals surface area contributed by atoms with E-state index in [1.807, 2.05) is 19.1 Å². The molecule has 2 amide bonds. The van der Waals surface area contributed by atoms with Crippen LogP contribution < -0.4 is 14.4 Å². The summed E-state index contributed by atoms with van der Waals surface area (Å²) < 4.78 is 33.6. The molecule has 0 heterocycles. The number of hydrogen-bond donors (Lipinski definition) is 1. The lowest BCUT2D eigenvalue weighted by Gasteiger charge is -2.32. The third-order valence-electron chi connectivity index (χ3n) is 5.88. The van der Waals surface area contributed by atoms with E-state index in [0.717, 1.165) is 16.3 Å². The Hall–Kier alpha value is -3.85. The van der Waals surface area contributed by atoms with Gasteiger partial charge in [0.1, 0.15) is 18.3 Å². The van der Waals surface area contributed by atoms with Crippen LogP contribution in [0.4, 0.5) is 5.69 Å². The second kappa shape index (κ2) is 12.9. The number of amides is 2. The largest absolute Gasteiger partial charge is 0.497 e. The average Bonchev–Trinajstić information content (AvgIpc) is 2.94. The molecule has 1 N–H and O–H groups in total. The molecule has 0 spiro atoms. The fraction of sp³-hybridized carbons (Fsp3) is 0.286. The Labute approximate surface area is 218 Å². The molecule has 1 atom stereocenters. The Morgan fingerprint density at radius 2 is 1.51 bits per heavy atom. The van der Waals surface area contributed by atoms with Crippen LogP contribution in [0.2, 0.25) is 0 Å². The van der Waals surface area contributed by atoms with Crippen LogP contribution >= 0.6 is 0 Å². The van der Waals surface area contributed by atoms with E-state index < -0.39 is 28.5 Å². The lowest BCUT2D eigenvalue weighted by atomic mass is 10.1. The molecule has 0 bridgehead atoms. The van der Waals surface area contributed by atoms with Gasteiger partial charge >= 0.3 is 0 Å². The Morgan fingerprint density at radius 3 is 2.08 bits per heavy atom. The first kappa shape index (κ1) is 27.7. The van der Waals surface area contributed by atoms with E-state index >= 15 is 0 Å². The average molecular weight is 524 g/mol. The molecule has 8 nitrogen and oxygen atoms in total. The van der Waals surface area contributed by atoms with Crippen molar-refractivity contribution >= 4 is 27.5 Å². The number of carbonyl (C=O) groups excluding carboxylic acids is 2. The van der Waals surface area contributed by atoms with Gasteiger partial charge in [0.25, 0.3) is 10.0 Å². The first-order valence-corrected chi connectivity index (χ1v) is 13.5. The van der Waals surface area contributed by atoms with Crippen LogP contribution in [0.5, 0.6) is 5.75 Å². The van der Waals surface area contributed by atoms with Crippen molar-refractivity contribution in [1.29, 1.82) is 0 Å². The summed E-state index contributed by atoms with van der Waals surface area (Å²) in [6.07, 6.45) is 0.752. The SMILES string of the molecule is CCCNC(=O)C(C)N(Cc1ccc(OC)cc1)C(=O)CN(c1ccccc1)S(=O)(=O)c1ccccc1. The molecular weight excluding hydrogens is 490 g/mol. The van der Waals surface area contributed by atoms with Gasteiger partial charge in [-0.15, -0.1) is 0 Å². The number of methoxy groups -OCH3 is 1. The van der Waals surface area contributed by atoms with Gasteiger partial charge in [0.2, 0.25) is 11.8 Å². The van der Waals surface area contributed by atoms with Crippen molar-refractivity contribution in [2.24, 2.45) is 0 Å². The van der Waals surface area contributed by atoms with Crippen LogP contribution in [0.15, 0.2) is 89.8 Å². The van der Waals surface area contributed by atoms with Gasteiger partial charge in [-0.1, -0.05) is 55.5 Å². The van der Waals surface area contributed by atoms with E-state index in [9.17, 15) is 18.0 Å². The van der Waals surface area contributed by atoms with E-state index in [-0.39, 0.29) is 17.3 Å². The van der Waals surface area contributed by atoms with Crippen LogP contribution in [0.3, 0.4) is 0 Å². The fourth-order valence-electron chi connectivity index (χ4n) is 3.75. The minimum atomic E-state index is -4.06. The highest BCUT2D eigenvalue weighted by Gasteiger charge is 2.32. The summed E-state index contributed by atoms with van der Waals surface area (Å²) >= 11 is 0. The summed E-state index contributed by atoms with van der Waals surface area (Å²) in [5, 5.41) is 2.83. The monoisotopic (exact) mass is 523 g/mol. The predicted molar refractivity (Wildman–Crippen MR) is 144 cm³/mol. The zero-order valence-corrected chi connectivity index (χ0v) is 22.1. The second-order valence-electron chi connectivity index (χ2n) is 8.50. The van der Waals surface area contributed by atoms with Crippen LogP contribution in [-0.4, -0.2) is 51.4 Å². The highest BCUT2D eigenvalue weighted by molar-refractivity contribution is 7.92. The Morgan fingerprint density at radius 1 is 0.919 bits per heavy atom. The maximum atomic E-state index is 13.8. The number of sulfonamides is 1. The van der Waals surface area contributed by atoms with Crippen LogP contribution in [0.25, 0.3) is 0 Å². The van der Waals surface area contributed by atoms with Gasteiger partial charge in [-0.3, -0.25) is 13.9 Å². The van der Waals surface area contributed by atoms with Crippen LogP contribution in [0.1, 0.15) is 25.8 Å². The summed E-state index contributed by atoms with van der Waals surface area (Å²) in [7, 11) is -2.49. The molecule has 0 aliphatic heterocycles. The lowest BCUT2D eigenvalue weighted by molar-refractivity contribution is -0.139. The molecule has 3 aromatic rings. The van der Waals surface area contributed by atoms with E-state index in [4.69, 9.17) is 4.74 Å². The minimum absolute atomic E-state index is 0.0714. The Bertz CT molecular complexity index is 1270. The number of para-hydroxylation sites is 1. The van der Waals surface area contributed by atoms with E-state index in [1.54, 1.807) is 74.7 Å². The maximum absolute atomic E-state index is 13.8. The van der Waals surface area contributed by atoms with Gasteiger partial charge in [-0.05, 0) is 55.3 Å². The zero-order valence-electron chi connectivity index (χ0n) is 21.3. The molecule has 3 aromatic carbocycles. The molecule has 196 valence electrons. The third kappa shape index (κ3) is 7.10. The Balaban J connectivity index is 1.97. The van der Waals surface area contributed by atoms with E-state index in [1.165, 1.54) is 17.0 Å². The molecule has 37 heavy (non-hydrogen) atoms. The molecule has 0 saturated heterocycles. The quantitative estimate of drug-likeness (QED) is 0.389. The van der Waals surface area contributed by atoms with Gasteiger partial charge in [0.05, 0.1) is 17.7 Å². The summed E-state index contributed by atoms with van der Waals surface area (Å²) in [6, 6.07) is 22.8. The summed E-state index contributed by atoms with van der Waals surface area (Å²) in [5.41, 5.74) is 1.13. The number of nitrogens with one attached hydrogen (secondary N) is 1. The fourth-order valence-corrected chi connectivity index (χ4v) is 5.18. The van der Waals surface area contributed by atoms with Crippen LogP contribution in [-0.2, 0) is 26.2 Å². The molecule has 9 heteroatoms. The van der Waals surface area contributed by atoms with Crippen LogP contribution in [0, 0.1) is 0 Å². The van der Waals surface area contributed by atoms with Crippen molar-refractivity contribution in [3.05, 3.63) is 90.5 Å². The van der Waals surface area contributed by atoms with E-state index in [0.29, 0.717) is 18.0 Å². The first-order valence-electron chi connectivity index (χ1n) is 12.1. The molecule has 0 aliphatic rings. The number of carbonyl (C=O) groups is 2. The Kier molecular flexibility index (Phi) is 9.68. The number of anilines is 1. The molecule has 0 fully saturated rings. The zero-order chi connectivity index (χ0) is 26.8. The highest BCUT2D eigenvalue weighted by atomic mass is 32.2. The van der Waals surface area contributed by atoms with Gasteiger partial charge < -0.3 is 15.0 Å². The number of nitrogens with zero attached hydrogens (tertiary/aromatic N) is 2. The van der Waals surface area contributed by atoms with Crippen molar-refractivity contribution in [2.45, 2.75) is 37.8 Å². The molecule has 3 rings (SSSR count). The van der Waals surface area contributed by atoms with Gasteiger partial charge in [0, 0.05) is 13.1 Å². The number of rotatable bonds is 12. The number of benzene rings is 3. The summed E-state index contributed by atoms with van der Waals surface area (Å²) in [4.78, 5) is 28.1. The van der Waals surface area contributed by atoms with Crippen molar-refractivity contribution in [3.63, 3.8) is 0 Å². The first-order chi connectivity index (χ1) is 17.8. The maximum Gasteiger partial charge on any atom is 0.264 e. The predicted octanol–water partition coefficient (Wildman–Crippen LogP) is 3.83. The molecule has 0 aromatic heterocycles. The van der Waals surface area contributed by atoms with Crippen molar-refractivity contribution < 1.29 is 22.7 Å². The third-order valence-corrected chi connectivity index (χ3v) is 7.67. The molecule has 1 unspecified atom stereocenters. The van der Waals surface area contributed by atoms with Gasteiger partial charge in [-0.2, -0.15) is 0 Å². The topological polar surface area (TPSA) is 96.0 Å². The highest BCUT2D eigenvalue weighted by Crippen LogP contribution is 2.24. The van der Waals surface area contributed by atoms with E-state index in [2.05, 4.69) is 5.32 Å². The van der Waals surface area contributed by atoms with Crippen molar-refractivity contribution in [1.82, 2.24) is 10.2 Å². The molecule has 0 saturated carbocycles. The standard InChI is InChI=1S/C28H33N3O5S/c1-4-19-29-28(33)22(2)30(20-23-15-17-25(36-3)18-16-23)27(32)21-31(24-11-7-5-8-12-24)37(34,35)26-13-9-6-10-14-26/h5-18,22H,4,19-21H2,1-3H3,(H,29,33). The molecule has 0 radical (unpaired) electrons. The normalized spacial score (nSPS) is 11.9. The van der Waals surface area contributed by atoms with Gasteiger partial charge in [-0.25, -0.2) is 8.42 Å². The minimum Gasteiger partial charge on any atom is -0.497 e. The number of ether oxygens (including phenoxy) is 1. The molecule has 0 aliphatic carbocycles. The number of hydrogen-bond acceptors (Lipinski definition) is 5. The van der Waals surface area contributed by atoms with Crippen molar-refractivity contribution in [3.8, 4) is 5.75 Å². The summed E-state index contributed by atoms with van der Waals surface area (Å²) in [6.45, 7) is 3.72.